The van der Waals surface area contributed by atoms with Gasteiger partial charge < -0.3 is 14.2 Å². The van der Waals surface area contributed by atoms with Gasteiger partial charge in [-0.1, -0.05) is 17.7 Å². The maximum absolute atomic E-state index is 13.4. The molecule has 0 radical (unpaired) electrons. The number of carbonyl (C=O) groups is 2. The summed E-state index contributed by atoms with van der Waals surface area (Å²) in [6, 6.07) is 9.20. The number of amides is 1. The topological polar surface area (TPSA) is 65.1 Å². The fraction of sp³-hybridized carbons (Fsp3) is 0.360. The molecule has 1 heterocycles. The monoisotopic (exact) mass is 455 g/mol. The first-order chi connectivity index (χ1) is 15.4. The first kappa shape index (κ1) is 22.2. The van der Waals surface area contributed by atoms with E-state index in [0.717, 1.165) is 16.8 Å². The minimum atomic E-state index is -0.379. The van der Waals surface area contributed by atoms with Gasteiger partial charge in [-0.15, -0.1) is 0 Å². The fourth-order valence-electron chi connectivity index (χ4n) is 4.60. The third kappa shape index (κ3) is 3.73. The van der Waals surface area contributed by atoms with Crippen molar-refractivity contribution in [2.24, 2.45) is 0 Å². The quantitative estimate of drug-likeness (QED) is 0.619. The molecule has 32 heavy (non-hydrogen) atoms. The third-order valence-corrected chi connectivity index (χ3v) is 6.59. The number of allylic oxidation sites excluding steroid dienone is 2. The average molecular weight is 456 g/mol. The van der Waals surface area contributed by atoms with Crippen LogP contribution in [0.4, 0.5) is 5.69 Å². The molecular formula is C25H26ClNO5. The zero-order chi connectivity index (χ0) is 23.0. The van der Waals surface area contributed by atoms with Gasteiger partial charge >= 0.3 is 0 Å². The van der Waals surface area contributed by atoms with Gasteiger partial charge in [0.2, 0.25) is 11.7 Å². The number of rotatable bonds is 5. The normalized spacial score (nSPS) is 18.5. The van der Waals surface area contributed by atoms with Gasteiger partial charge in [0.1, 0.15) is 0 Å². The van der Waals surface area contributed by atoms with E-state index in [1.165, 1.54) is 0 Å². The summed E-state index contributed by atoms with van der Waals surface area (Å²) in [6.07, 6.45) is 1.99. The number of benzene rings is 2. The van der Waals surface area contributed by atoms with E-state index >= 15 is 0 Å². The minimum absolute atomic E-state index is 0.0701. The Balaban J connectivity index is 1.88. The van der Waals surface area contributed by atoms with Gasteiger partial charge in [0, 0.05) is 35.1 Å². The maximum atomic E-state index is 13.4. The highest BCUT2D eigenvalue weighted by atomic mass is 35.5. The van der Waals surface area contributed by atoms with Crippen LogP contribution in [0.3, 0.4) is 0 Å². The van der Waals surface area contributed by atoms with Crippen molar-refractivity contribution in [1.29, 1.82) is 0 Å². The number of nitrogens with zero attached hydrogens (tertiary/aromatic N) is 1. The second kappa shape index (κ2) is 8.87. The Morgan fingerprint density at radius 2 is 1.66 bits per heavy atom. The fourth-order valence-corrected chi connectivity index (χ4v) is 4.78. The second-order valence-electron chi connectivity index (χ2n) is 8.02. The highest BCUT2D eigenvalue weighted by molar-refractivity contribution is 6.31. The molecule has 0 saturated heterocycles. The lowest BCUT2D eigenvalue weighted by atomic mass is 9.77. The van der Waals surface area contributed by atoms with Crippen molar-refractivity contribution < 1.29 is 23.8 Å². The van der Waals surface area contributed by atoms with Crippen LogP contribution in [0.1, 0.15) is 42.7 Å². The van der Waals surface area contributed by atoms with E-state index in [0.29, 0.717) is 52.8 Å². The van der Waals surface area contributed by atoms with Crippen LogP contribution in [0.2, 0.25) is 5.02 Å². The molecular weight excluding hydrogens is 430 g/mol. The lowest BCUT2D eigenvalue weighted by molar-refractivity contribution is -0.119. The van der Waals surface area contributed by atoms with Crippen LogP contribution in [0.15, 0.2) is 41.6 Å². The SMILES string of the molecule is COc1cc(C2CC(=O)N(c3ccc(C)c(Cl)c3)C3=C2C(=O)CCC3)cc(OC)c1OC. The second-order valence-corrected chi connectivity index (χ2v) is 8.42. The molecule has 2 aromatic carbocycles. The van der Waals surface area contributed by atoms with Crippen molar-refractivity contribution >= 4 is 29.0 Å². The number of Topliss-reactive ketones (excluding diaryl/α,β-unsaturated/α-hetero) is 1. The molecule has 7 heteroatoms. The third-order valence-electron chi connectivity index (χ3n) is 6.18. The average Bonchev–Trinajstić information content (AvgIpc) is 2.79. The first-order valence-corrected chi connectivity index (χ1v) is 10.9. The Labute approximate surface area is 192 Å². The Hall–Kier alpha value is -2.99. The van der Waals surface area contributed by atoms with Gasteiger partial charge in [0.25, 0.3) is 0 Å². The van der Waals surface area contributed by atoms with Crippen molar-refractivity contribution in [3.05, 3.63) is 57.8 Å². The molecule has 0 spiro atoms. The van der Waals surface area contributed by atoms with Gasteiger partial charge in [-0.3, -0.25) is 14.5 Å². The number of methoxy groups -OCH3 is 3. The number of carbonyl (C=O) groups excluding carboxylic acids is 2. The number of hydrogen-bond donors (Lipinski definition) is 0. The van der Waals surface area contributed by atoms with Crippen LogP contribution < -0.4 is 19.1 Å². The molecule has 0 bridgehead atoms. The molecule has 0 N–H and O–H groups in total. The molecule has 0 aromatic heterocycles. The summed E-state index contributed by atoms with van der Waals surface area (Å²) in [5.41, 5.74) is 3.86. The van der Waals surface area contributed by atoms with Crippen LogP contribution in [-0.4, -0.2) is 33.0 Å². The zero-order valence-electron chi connectivity index (χ0n) is 18.7. The number of hydrogen-bond acceptors (Lipinski definition) is 5. The van der Waals surface area contributed by atoms with Crippen LogP contribution in [0, 0.1) is 6.92 Å². The van der Waals surface area contributed by atoms with E-state index in [2.05, 4.69) is 0 Å². The Kier molecular flexibility index (Phi) is 6.15. The van der Waals surface area contributed by atoms with Crippen LogP contribution in [0.25, 0.3) is 0 Å². The summed E-state index contributed by atoms with van der Waals surface area (Å²) >= 11 is 6.34. The maximum Gasteiger partial charge on any atom is 0.232 e. The Morgan fingerprint density at radius 1 is 0.969 bits per heavy atom. The van der Waals surface area contributed by atoms with Gasteiger partial charge in [-0.2, -0.15) is 0 Å². The van der Waals surface area contributed by atoms with E-state index < -0.39 is 0 Å². The number of ether oxygens (including phenoxy) is 3. The van der Waals surface area contributed by atoms with E-state index in [1.807, 2.05) is 31.2 Å². The lowest BCUT2D eigenvalue weighted by Crippen LogP contribution is -2.40. The smallest absolute Gasteiger partial charge is 0.232 e. The van der Waals surface area contributed by atoms with Crippen LogP contribution >= 0.6 is 11.6 Å². The van der Waals surface area contributed by atoms with Gasteiger partial charge in [-0.25, -0.2) is 0 Å². The van der Waals surface area contributed by atoms with E-state index in [-0.39, 0.29) is 24.0 Å². The highest BCUT2D eigenvalue weighted by Crippen LogP contribution is 2.47. The van der Waals surface area contributed by atoms with E-state index in [4.69, 9.17) is 25.8 Å². The molecule has 1 amide bonds. The summed E-state index contributed by atoms with van der Waals surface area (Å²) in [5.74, 6) is 1.08. The van der Waals surface area contributed by atoms with Gasteiger partial charge in [-0.05, 0) is 55.2 Å². The van der Waals surface area contributed by atoms with Crippen molar-refractivity contribution in [3.63, 3.8) is 0 Å². The van der Waals surface area contributed by atoms with Crippen molar-refractivity contribution in [2.45, 2.75) is 38.5 Å². The highest BCUT2D eigenvalue weighted by Gasteiger charge is 2.40. The molecule has 0 saturated carbocycles. The molecule has 2 aromatic rings. The molecule has 1 atom stereocenters. The summed E-state index contributed by atoms with van der Waals surface area (Å²) in [5, 5.41) is 0.589. The molecule has 1 aliphatic heterocycles. The number of aryl methyl sites for hydroxylation is 1. The predicted octanol–water partition coefficient (Wildman–Crippen LogP) is 5.20. The molecule has 1 aliphatic carbocycles. The molecule has 1 unspecified atom stereocenters. The minimum Gasteiger partial charge on any atom is -0.493 e. The van der Waals surface area contributed by atoms with Crippen LogP contribution in [0.5, 0.6) is 17.2 Å². The molecule has 6 nitrogen and oxygen atoms in total. The van der Waals surface area contributed by atoms with E-state index in [1.54, 1.807) is 32.3 Å². The standard InChI is InChI=1S/C25H26ClNO5/c1-14-8-9-16(12-18(14)26)27-19-6-5-7-20(28)24(19)17(13-23(27)29)15-10-21(30-2)25(32-4)22(11-15)31-3/h8-12,17H,5-7,13H2,1-4H3. The number of halogens is 1. The Morgan fingerprint density at radius 3 is 2.25 bits per heavy atom. The van der Waals surface area contributed by atoms with Gasteiger partial charge in [0.15, 0.2) is 17.3 Å². The molecule has 4 rings (SSSR count). The zero-order valence-corrected chi connectivity index (χ0v) is 19.4. The van der Waals surface area contributed by atoms with Crippen molar-refractivity contribution in [2.75, 3.05) is 26.2 Å². The van der Waals surface area contributed by atoms with Crippen molar-refractivity contribution in [3.8, 4) is 17.2 Å². The summed E-state index contributed by atoms with van der Waals surface area (Å²) < 4.78 is 16.4. The van der Waals surface area contributed by atoms with Gasteiger partial charge in [0.05, 0.1) is 27.0 Å². The summed E-state index contributed by atoms with van der Waals surface area (Å²) in [7, 11) is 4.64. The first-order valence-electron chi connectivity index (χ1n) is 10.5. The predicted molar refractivity (Wildman–Crippen MR) is 123 cm³/mol. The van der Waals surface area contributed by atoms with Crippen molar-refractivity contribution in [1.82, 2.24) is 0 Å². The van der Waals surface area contributed by atoms with E-state index in [9.17, 15) is 9.59 Å². The summed E-state index contributed by atoms with van der Waals surface area (Å²) in [4.78, 5) is 28.2. The summed E-state index contributed by atoms with van der Waals surface area (Å²) in [6.45, 7) is 1.92. The lowest BCUT2D eigenvalue weighted by Gasteiger charge is -2.38. The number of ketones is 1. The molecule has 0 fully saturated rings. The molecule has 2 aliphatic rings. The number of anilines is 1. The largest absolute Gasteiger partial charge is 0.493 e. The van der Waals surface area contributed by atoms with Crippen LogP contribution in [-0.2, 0) is 9.59 Å². The molecule has 168 valence electrons. The Bertz CT molecular complexity index is 1100.